The van der Waals surface area contributed by atoms with Crippen molar-refractivity contribution in [3.63, 3.8) is 0 Å². The smallest absolute Gasteiger partial charge is 0.243 e. The molecule has 1 amide bonds. The summed E-state index contributed by atoms with van der Waals surface area (Å²) in [4.78, 5) is 11.8. The number of rotatable bonds is 4. The van der Waals surface area contributed by atoms with Crippen LogP contribution < -0.4 is 10.1 Å². The number of fused-ring (bicyclic) bond motifs is 1. The number of methoxy groups -OCH3 is 1. The number of piperidine rings is 1. The summed E-state index contributed by atoms with van der Waals surface area (Å²) in [7, 11) is -1.95. The summed E-state index contributed by atoms with van der Waals surface area (Å²) < 4.78 is 32.6. The second-order valence-electron chi connectivity index (χ2n) is 6.18. The van der Waals surface area contributed by atoms with Crippen molar-refractivity contribution < 1.29 is 17.9 Å². The van der Waals surface area contributed by atoms with Gasteiger partial charge in [0, 0.05) is 26.1 Å². The van der Waals surface area contributed by atoms with Crippen molar-refractivity contribution in [1.82, 2.24) is 9.62 Å². The molecule has 1 aromatic carbocycles. The summed E-state index contributed by atoms with van der Waals surface area (Å²) in [5.41, 5.74) is 0.877. The Morgan fingerprint density at radius 2 is 2.04 bits per heavy atom. The maximum Gasteiger partial charge on any atom is 0.243 e. The van der Waals surface area contributed by atoms with Gasteiger partial charge in [0.05, 0.1) is 12.0 Å². The van der Waals surface area contributed by atoms with Crippen LogP contribution in [0.2, 0.25) is 0 Å². The van der Waals surface area contributed by atoms with Gasteiger partial charge in [0.25, 0.3) is 0 Å². The fraction of sp³-hybridized carbons (Fsp3) is 0.562. The van der Waals surface area contributed by atoms with Gasteiger partial charge in [-0.05, 0) is 42.0 Å². The monoisotopic (exact) mass is 338 g/mol. The van der Waals surface area contributed by atoms with Crippen LogP contribution in [0.25, 0.3) is 0 Å². The molecule has 0 bridgehead atoms. The minimum absolute atomic E-state index is 0.0169. The minimum atomic E-state index is -3.53. The van der Waals surface area contributed by atoms with Crippen molar-refractivity contribution in [1.29, 1.82) is 0 Å². The number of sulfonamides is 1. The van der Waals surface area contributed by atoms with Crippen molar-refractivity contribution in [3.05, 3.63) is 23.8 Å². The first-order valence-electron chi connectivity index (χ1n) is 7.89. The number of carbonyl (C=O) groups is 1. The van der Waals surface area contributed by atoms with Crippen LogP contribution in [-0.2, 0) is 21.2 Å². The van der Waals surface area contributed by atoms with Crippen LogP contribution in [0, 0.1) is 11.8 Å². The molecule has 0 saturated carbocycles. The lowest BCUT2D eigenvalue weighted by atomic mass is 9.89. The van der Waals surface area contributed by atoms with E-state index in [-0.39, 0.29) is 17.7 Å². The maximum absolute atomic E-state index is 12.9. The van der Waals surface area contributed by atoms with E-state index in [0.29, 0.717) is 43.1 Å². The molecule has 2 saturated heterocycles. The molecule has 126 valence electrons. The first-order chi connectivity index (χ1) is 11.0. The normalized spacial score (nSPS) is 25.0. The largest absolute Gasteiger partial charge is 0.496 e. The number of carbonyl (C=O) groups excluding carboxylic acids is 1. The topological polar surface area (TPSA) is 75.7 Å². The maximum atomic E-state index is 12.9. The lowest BCUT2D eigenvalue weighted by Crippen LogP contribution is -2.40. The number of benzene rings is 1. The van der Waals surface area contributed by atoms with Gasteiger partial charge in [-0.3, -0.25) is 4.79 Å². The van der Waals surface area contributed by atoms with Gasteiger partial charge < -0.3 is 10.1 Å². The van der Waals surface area contributed by atoms with Gasteiger partial charge >= 0.3 is 0 Å². The van der Waals surface area contributed by atoms with Crippen molar-refractivity contribution in [2.45, 2.75) is 24.7 Å². The van der Waals surface area contributed by atoms with Gasteiger partial charge in [-0.2, -0.15) is 4.31 Å². The van der Waals surface area contributed by atoms with Crippen LogP contribution in [0.4, 0.5) is 0 Å². The molecule has 2 aliphatic heterocycles. The van der Waals surface area contributed by atoms with Gasteiger partial charge in [0.1, 0.15) is 5.75 Å². The number of nitrogens with one attached hydrogen (secondary N) is 1. The van der Waals surface area contributed by atoms with Crippen molar-refractivity contribution in [2.75, 3.05) is 26.7 Å². The predicted molar refractivity (Wildman–Crippen MR) is 85.7 cm³/mol. The predicted octanol–water partition coefficient (Wildman–Crippen LogP) is 1.01. The number of ether oxygens (including phenoxy) is 1. The zero-order chi connectivity index (χ0) is 16.6. The van der Waals surface area contributed by atoms with E-state index in [2.05, 4.69) is 5.32 Å². The molecule has 0 radical (unpaired) electrons. The molecule has 0 aromatic heterocycles. The molecule has 1 aromatic rings. The molecule has 7 heteroatoms. The number of aryl methyl sites for hydroxylation is 1. The summed E-state index contributed by atoms with van der Waals surface area (Å²) in [5, 5.41) is 2.82. The second kappa shape index (κ2) is 6.13. The number of nitrogens with zero attached hydrogens (tertiary/aromatic N) is 1. The minimum Gasteiger partial charge on any atom is -0.496 e. The highest BCUT2D eigenvalue weighted by Gasteiger charge is 2.42. The van der Waals surface area contributed by atoms with Crippen molar-refractivity contribution in [3.8, 4) is 5.75 Å². The second-order valence-corrected chi connectivity index (χ2v) is 8.12. The summed E-state index contributed by atoms with van der Waals surface area (Å²) in [6.07, 6.45) is 1.12. The molecular weight excluding hydrogens is 316 g/mol. The molecule has 0 aliphatic carbocycles. The van der Waals surface area contributed by atoms with E-state index in [4.69, 9.17) is 4.74 Å². The van der Waals surface area contributed by atoms with Crippen LogP contribution in [0.15, 0.2) is 23.1 Å². The quantitative estimate of drug-likeness (QED) is 0.889. The van der Waals surface area contributed by atoms with E-state index in [1.54, 1.807) is 25.3 Å². The molecule has 0 spiro atoms. The first kappa shape index (κ1) is 16.3. The van der Waals surface area contributed by atoms with Crippen LogP contribution >= 0.6 is 0 Å². The van der Waals surface area contributed by atoms with Gasteiger partial charge in [0.15, 0.2) is 0 Å². The highest BCUT2D eigenvalue weighted by molar-refractivity contribution is 7.89. The third-order valence-corrected chi connectivity index (χ3v) is 6.65. The Morgan fingerprint density at radius 3 is 2.74 bits per heavy atom. The lowest BCUT2D eigenvalue weighted by molar-refractivity contribution is -0.124. The molecule has 2 aliphatic rings. The van der Waals surface area contributed by atoms with E-state index >= 15 is 0 Å². The Bertz CT molecular complexity index is 717. The molecule has 2 fully saturated rings. The fourth-order valence-corrected chi connectivity index (χ4v) is 5.06. The number of amides is 1. The average Bonchev–Trinajstić information content (AvgIpc) is 2.97. The van der Waals surface area contributed by atoms with Crippen LogP contribution in [0.5, 0.6) is 5.75 Å². The Hall–Kier alpha value is -1.60. The van der Waals surface area contributed by atoms with Gasteiger partial charge in [-0.25, -0.2) is 8.42 Å². The van der Waals surface area contributed by atoms with Crippen LogP contribution in [-0.4, -0.2) is 45.4 Å². The Kier molecular flexibility index (Phi) is 4.33. The highest BCUT2D eigenvalue weighted by Crippen LogP contribution is 2.33. The molecular formula is C16H22N2O4S. The van der Waals surface area contributed by atoms with Crippen molar-refractivity contribution in [2.24, 2.45) is 11.8 Å². The molecule has 23 heavy (non-hydrogen) atoms. The lowest BCUT2D eigenvalue weighted by Gasteiger charge is -2.23. The fourth-order valence-electron chi connectivity index (χ4n) is 3.45. The molecule has 6 nitrogen and oxygen atoms in total. The highest BCUT2D eigenvalue weighted by atomic mass is 32.2. The molecule has 3 rings (SSSR count). The number of hydrogen-bond acceptors (Lipinski definition) is 4. The Balaban J connectivity index is 1.86. The molecule has 1 N–H and O–H groups in total. The zero-order valence-corrected chi connectivity index (χ0v) is 14.2. The van der Waals surface area contributed by atoms with E-state index in [1.165, 1.54) is 4.31 Å². The van der Waals surface area contributed by atoms with E-state index < -0.39 is 10.0 Å². The summed E-state index contributed by atoms with van der Waals surface area (Å²) in [5.74, 6) is 1.06. The van der Waals surface area contributed by atoms with Gasteiger partial charge in [0.2, 0.25) is 15.9 Å². The summed E-state index contributed by atoms with van der Waals surface area (Å²) in [6, 6.07) is 5.00. The number of hydrogen-bond donors (Lipinski definition) is 1. The first-order valence-corrected chi connectivity index (χ1v) is 9.33. The van der Waals surface area contributed by atoms with Crippen LogP contribution in [0.1, 0.15) is 18.9 Å². The Labute approximate surface area is 136 Å². The molecule has 2 atom stereocenters. The van der Waals surface area contributed by atoms with Gasteiger partial charge in [-0.15, -0.1) is 0 Å². The van der Waals surface area contributed by atoms with E-state index in [1.807, 2.05) is 6.92 Å². The SMILES string of the molecule is CCc1cc(S(=O)(=O)N2C[C@H]3CC(=O)NC[C@H]3C2)ccc1OC. The zero-order valence-electron chi connectivity index (χ0n) is 13.4. The van der Waals surface area contributed by atoms with Gasteiger partial charge in [-0.1, -0.05) is 6.92 Å². The van der Waals surface area contributed by atoms with E-state index in [0.717, 1.165) is 5.56 Å². The molecule has 2 heterocycles. The standard InChI is InChI=1S/C16H22N2O4S/c1-3-11-6-14(4-5-15(11)22-2)23(20,21)18-9-12-7-16(19)17-8-13(12)10-18/h4-6,12-13H,3,7-10H2,1-2H3,(H,17,19)/t12-,13+/m1/s1. The summed E-state index contributed by atoms with van der Waals surface area (Å²) in [6.45, 7) is 3.43. The third-order valence-electron chi connectivity index (χ3n) is 4.82. The summed E-state index contributed by atoms with van der Waals surface area (Å²) >= 11 is 0. The third kappa shape index (κ3) is 2.95. The van der Waals surface area contributed by atoms with E-state index in [9.17, 15) is 13.2 Å². The average molecular weight is 338 g/mol. The molecule has 0 unspecified atom stereocenters. The van der Waals surface area contributed by atoms with Crippen molar-refractivity contribution >= 4 is 15.9 Å². The van der Waals surface area contributed by atoms with Crippen LogP contribution in [0.3, 0.4) is 0 Å². The Morgan fingerprint density at radius 1 is 1.30 bits per heavy atom.